The van der Waals surface area contributed by atoms with E-state index in [2.05, 4.69) is 12.1 Å². The van der Waals surface area contributed by atoms with E-state index in [0.29, 0.717) is 5.02 Å². The third kappa shape index (κ3) is 1.97. The van der Waals surface area contributed by atoms with Crippen LogP contribution in [0.3, 0.4) is 0 Å². The van der Waals surface area contributed by atoms with E-state index in [0.717, 1.165) is 22.3 Å². The van der Waals surface area contributed by atoms with Gasteiger partial charge in [-0.05, 0) is 35.2 Å². The van der Waals surface area contributed by atoms with Crippen LogP contribution in [0.25, 0.3) is 11.1 Å². The van der Waals surface area contributed by atoms with E-state index in [4.69, 9.17) is 11.6 Å². The minimum Gasteiger partial charge on any atom is -0.392 e. The molecule has 0 unspecified atom stereocenters. The average Bonchev–Trinajstić information content (AvgIpc) is 2.31. The highest BCUT2D eigenvalue weighted by atomic mass is 35.5. The van der Waals surface area contributed by atoms with Gasteiger partial charge in [-0.15, -0.1) is 0 Å². The largest absolute Gasteiger partial charge is 0.392 e. The molecule has 2 heteroatoms. The topological polar surface area (TPSA) is 20.2 Å². The molecule has 0 amide bonds. The van der Waals surface area contributed by atoms with Crippen molar-refractivity contribution in [2.24, 2.45) is 0 Å². The summed E-state index contributed by atoms with van der Waals surface area (Å²) in [6.07, 6.45) is 0. The smallest absolute Gasteiger partial charge is 0.0699 e. The van der Waals surface area contributed by atoms with Gasteiger partial charge in [0.25, 0.3) is 0 Å². The molecule has 0 spiro atoms. The summed E-state index contributed by atoms with van der Waals surface area (Å²) in [5, 5.41) is 9.91. The number of hydrogen-bond donors (Lipinski definition) is 1. The highest BCUT2D eigenvalue weighted by molar-refractivity contribution is 6.31. The summed E-state index contributed by atoms with van der Waals surface area (Å²) >= 11 is 6.03. The predicted molar refractivity (Wildman–Crippen MR) is 67.5 cm³/mol. The molecule has 0 bridgehead atoms. The number of hydrogen-bond acceptors (Lipinski definition) is 1. The van der Waals surface area contributed by atoms with Gasteiger partial charge in [0.05, 0.1) is 6.61 Å². The lowest BCUT2D eigenvalue weighted by Crippen LogP contribution is -1.93. The van der Waals surface area contributed by atoms with Gasteiger partial charge in [0.1, 0.15) is 0 Å². The number of halogens is 1. The zero-order chi connectivity index (χ0) is 11.5. The summed E-state index contributed by atoms with van der Waals surface area (Å²) in [6.45, 7) is 1.96. The second-order valence-corrected chi connectivity index (χ2v) is 4.13. The molecule has 0 radical (unpaired) electrons. The lowest BCUT2D eigenvalue weighted by molar-refractivity contribution is 0.281. The van der Waals surface area contributed by atoms with Crippen LogP contribution < -0.4 is 0 Å². The van der Waals surface area contributed by atoms with Crippen molar-refractivity contribution in [1.82, 2.24) is 0 Å². The molecule has 1 N–H and O–H groups in total. The molecule has 2 aromatic carbocycles. The van der Waals surface area contributed by atoms with Gasteiger partial charge in [-0.3, -0.25) is 0 Å². The van der Waals surface area contributed by atoms with Gasteiger partial charge in [-0.25, -0.2) is 0 Å². The zero-order valence-electron chi connectivity index (χ0n) is 9.07. The molecule has 0 aliphatic heterocycles. The first-order chi connectivity index (χ1) is 7.74. The van der Waals surface area contributed by atoms with E-state index >= 15 is 0 Å². The summed E-state index contributed by atoms with van der Waals surface area (Å²) in [4.78, 5) is 0. The fraction of sp³-hybridized carbons (Fsp3) is 0.143. The molecule has 2 aromatic rings. The fourth-order valence-corrected chi connectivity index (χ4v) is 2.11. The molecular formula is C14H13ClO. The van der Waals surface area contributed by atoms with Crippen molar-refractivity contribution in [3.63, 3.8) is 0 Å². The van der Waals surface area contributed by atoms with Gasteiger partial charge in [0.2, 0.25) is 0 Å². The fourth-order valence-electron chi connectivity index (χ4n) is 1.85. The van der Waals surface area contributed by atoms with Gasteiger partial charge in [-0.2, -0.15) is 0 Å². The van der Waals surface area contributed by atoms with Gasteiger partial charge >= 0.3 is 0 Å². The number of rotatable bonds is 2. The second-order valence-electron chi connectivity index (χ2n) is 3.72. The summed E-state index contributed by atoms with van der Waals surface area (Å²) in [5.74, 6) is 0. The lowest BCUT2D eigenvalue weighted by atomic mass is 9.97. The summed E-state index contributed by atoms with van der Waals surface area (Å²) < 4.78 is 0. The molecule has 2 rings (SSSR count). The minimum absolute atomic E-state index is 0.0225. The first-order valence-electron chi connectivity index (χ1n) is 5.18. The summed E-state index contributed by atoms with van der Waals surface area (Å²) in [7, 11) is 0. The van der Waals surface area contributed by atoms with E-state index in [9.17, 15) is 5.11 Å². The quantitative estimate of drug-likeness (QED) is 0.835. The van der Waals surface area contributed by atoms with E-state index in [1.54, 1.807) is 0 Å². The Kier molecular flexibility index (Phi) is 3.28. The Labute approximate surface area is 100 Å². The molecule has 0 atom stereocenters. The molecule has 0 heterocycles. The van der Waals surface area contributed by atoms with Crippen LogP contribution in [-0.2, 0) is 6.61 Å². The predicted octanol–water partition coefficient (Wildman–Crippen LogP) is 3.81. The Balaban J connectivity index is 2.59. The average molecular weight is 233 g/mol. The standard InChI is InChI=1S/C14H13ClO/c1-10-12(11-5-3-2-4-6-11)7-8-14(15)13(10)9-16/h2-8,16H,9H2,1H3. The van der Waals surface area contributed by atoms with Gasteiger partial charge < -0.3 is 5.11 Å². The van der Waals surface area contributed by atoms with Crippen molar-refractivity contribution >= 4 is 11.6 Å². The van der Waals surface area contributed by atoms with Crippen molar-refractivity contribution in [2.75, 3.05) is 0 Å². The summed E-state index contributed by atoms with van der Waals surface area (Å²) in [5.41, 5.74) is 4.12. The first kappa shape index (κ1) is 11.2. The highest BCUT2D eigenvalue weighted by Gasteiger charge is 2.08. The molecule has 0 saturated carbocycles. The van der Waals surface area contributed by atoms with Crippen molar-refractivity contribution in [3.05, 3.63) is 58.6 Å². The Hall–Kier alpha value is -1.31. The van der Waals surface area contributed by atoms with Gasteiger partial charge in [-0.1, -0.05) is 48.0 Å². The van der Waals surface area contributed by atoms with Crippen LogP contribution >= 0.6 is 11.6 Å². The minimum atomic E-state index is -0.0225. The molecular weight excluding hydrogens is 220 g/mol. The Morgan fingerprint density at radius 2 is 1.75 bits per heavy atom. The van der Waals surface area contributed by atoms with Crippen LogP contribution in [0.4, 0.5) is 0 Å². The molecule has 0 fully saturated rings. The van der Waals surface area contributed by atoms with Crippen molar-refractivity contribution in [2.45, 2.75) is 13.5 Å². The van der Waals surface area contributed by atoms with Gasteiger partial charge in [0, 0.05) is 5.02 Å². The SMILES string of the molecule is Cc1c(-c2ccccc2)ccc(Cl)c1CO. The van der Waals surface area contributed by atoms with Crippen LogP contribution in [0, 0.1) is 6.92 Å². The molecule has 0 saturated heterocycles. The molecule has 0 aliphatic rings. The lowest BCUT2D eigenvalue weighted by Gasteiger charge is -2.11. The zero-order valence-corrected chi connectivity index (χ0v) is 9.83. The third-order valence-electron chi connectivity index (χ3n) is 2.78. The first-order valence-corrected chi connectivity index (χ1v) is 5.56. The van der Waals surface area contributed by atoms with Crippen LogP contribution in [0.5, 0.6) is 0 Å². The molecule has 0 aromatic heterocycles. The third-order valence-corrected chi connectivity index (χ3v) is 3.14. The molecule has 1 nitrogen and oxygen atoms in total. The van der Waals surface area contributed by atoms with Gasteiger partial charge in [0.15, 0.2) is 0 Å². The second kappa shape index (κ2) is 4.69. The molecule has 16 heavy (non-hydrogen) atoms. The van der Waals surface area contributed by atoms with Crippen molar-refractivity contribution in [3.8, 4) is 11.1 Å². The summed E-state index contributed by atoms with van der Waals surface area (Å²) in [6, 6.07) is 13.9. The van der Waals surface area contributed by atoms with Crippen LogP contribution in [-0.4, -0.2) is 5.11 Å². The van der Waals surface area contributed by atoms with E-state index in [1.165, 1.54) is 0 Å². The number of benzene rings is 2. The Bertz CT molecular complexity index is 492. The van der Waals surface area contributed by atoms with E-state index in [-0.39, 0.29) is 6.61 Å². The molecule has 0 aliphatic carbocycles. The maximum absolute atomic E-state index is 9.29. The molecule has 82 valence electrons. The maximum atomic E-state index is 9.29. The maximum Gasteiger partial charge on any atom is 0.0699 e. The Morgan fingerprint density at radius 1 is 1.06 bits per heavy atom. The van der Waals surface area contributed by atoms with Crippen molar-refractivity contribution < 1.29 is 5.11 Å². The van der Waals surface area contributed by atoms with E-state index < -0.39 is 0 Å². The van der Waals surface area contributed by atoms with Crippen LogP contribution in [0.1, 0.15) is 11.1 Å². The van der Waals surface area contributed by atoms with Crippen molar-refractivity contribution in [1.29, 1.82) is 0 Å². The number of aliphatic hydroxyl groups is 1. The van der Waals surface area contributed by atoms with E-state index in [1.807, 2.05) is 37.3 Å². The number of aliphatic hydroxyl groups excluding tert-OH is 1. The van der Waals surface area contributed by atoms with Crippen LogP contribution in [0.15, 0.2) is 42.5 Å². The van der Waals surface area contributed by atoms with Crippen LogP contribution in [0.2, 0.25) is 5.02 Å². The Morgan fingerprint density at radius 3 is 2.38 bits per heavy atom. The monoisotopic (exact) mass is 232 g/mol. The normalized spacial score (nSPS) is 10.4. The highest BCUT2D eigenvalue weighted by Crippen LogP contribution is 2.30.